The molecule has 0 saturated heterocycles. The highest BCUT2D eigenvalue weighted by Gasteiger charge is 2.12. The number of ether oxygens (including phenoxy) is 1. The van der Waals surface area contributed by atoms with Crippen LogP contribution in [-0.2, 0) is 6.61 Å². The molecule has 2 rings (SSSR count). The van der Waals surface area contributed by atoms with Crippen LogP contribution >= 0.6 is 0 Å². The summed E-state index contributed by atoms with van der Waals surface area (Å²) in [5.74, 6) is 0.328. The highest BCUT2D eigenvalue weighted by Crippen LogP contribution is 2.27. The van der Waals surface area contributed by atoms with E-state index in [1.165, 1.54) is 17.7 Å². The molecule has 1 atom stereocenters. The minimum absolute atomic E-state index is 0.127. The van der Waals surface area contributed by atoms with Gasteiger partial charge in [0.25, 0.3) is 0 Å². The van der Waals surface area contributed by atoms with Crippen LogP contribution in [0.3, 0.4) is 0 Å². The zero-order chi connectivity index (χ0) is 15.2. The van der Waals surface area contributed by atoms with Gasteiger partial charge < -0.3 is 10.1 Å². The molecule has 2 nitrogen and oxygen atoms in total. The van der Waals surface area contributed by atoms with E-state index in [9.17, 15) is 4.39 Å². The number of benzene rings is 2. The largest absolute Gasteiger partial charge is 0.488 e. The van der Waals surface area contributed by atoms with Crippen molar-refractivity contribution >= 4 is 0 Å². The topological polar surface area (TPSA) is 21.3 Å². The molecular weight excluding hydrogens is 265 g/mol. The van der Waals surface area contributed by atoms with E-state index in [1.807, 2.05) is 38.1 Å². The van der Waals surface area contributed by atoms with Crippen molar-refractivity contribution < 1.29 is 9.13 Å². The van der Waals surface area contributed by atoms with Crippen molar-refractivity contribution in [1.29, 1.82) is 0 Å². The van der Waals surface area contributed by atoms with Crippen LogP contribution in [0.5, 0.6) is 5.75 Å². The second-order valence-electron chi connectivity index (χ2n) is 5.18. The van der Waals surface area contributed by atoms with E-state index in [2.05, 4.69) is 12.2 Å². The van der Waals surface area contributed by atoms with Crippen molar-refractivity contribution in [1.82, 2.24) is 5.32 Å². The van der Waals surface area contributed by atoms with Crippen molar-refractivity contribution in [2.45, 2.75) is 33.4 Å². The molecule has 2 aromatic carbocycles. The molecule has 0 heterocycles. The maximum atomic E-state index is 13.5. The van der Waals surface area contributed by atoms with E-state index in [4.69, 9.17) is 4.74 Å². The average molecular weight is 287 g/mol. The van der Waals surface area contributed by atoms with Crippen molar-refractivity contribution in [2.24, 2.45) is 0 Å². The summed E-state index contributed by atoms with van der Waals surface area (Å²) in [4.78, 5) is 0. The van der Waals surface area contributed by atoms with Gasteiger partial charge in [0.2, 0.25) is 0 Å². The lowest BCUT2D eigenvalue weighted by molar-refractivity contribution is 0.297. The van der Waals surface area contributed by atoms with Gasteiger partial charge in [0.1, 0.15) is 18.2 Å². The van der Waals surface area contributed by atoms with E-state index in [0.29, 0.717) is 12.4 Å². The molecule has 0 saturated carbocycles. The lowest BCUT2D eigenvalue weighted by atomic mass is 10.1. The van der Waals surface area contributed by atoms with Crippen LogP contribution in [0.25, 0.3) is 0 Å². The first-order valence-corrected chi connectivity index (χ1v) is 7.32. The Bertz CT molecular complexity index is 598. The Hall–Kier alpha value is -1.87. The lowest BCUT2D eigenvalue weighted by Crippen LogP contribution is -2.18. The van der Waals surface area contributed by atoms with E-state index < -0.39 is 0 Å². The van der Waals surface area contributed by atoms with Gasteiger partial charge >= 0.3 is 0 Å². The number of rotatable bonds is 6. The van der Waals surface area contributed by atoms with Crippen molar-refractivity contribution in [2.75, 3.05) is 6.54 Å². The number of aryl methyl sites for hydroxylation is 1. The molecule has 112 valence electrons. The number of halogens is 1. The summed E-state index contributed by atoms with van der Waals surface area (Å²) in [5.41, 5.74) is 3.27. The van der Waals surface area contributed by atoms with E-state index in [1.54, 1.807) is 6.07 Å². The number of hydrogen-bond donors (Lipinski definition) is 1. The van der Waals surface area contributed by atoms with Crippen molar-refractivity contribution in [3.63, 3.8) is 0 Å². The third-order valence-corrected chi connectivity index (χ3v) is 3.60. The molecule has 2 aromatic rings. The van der Waals surface area contributed by atoms with Crippen LogP contribution in [0.1, 0.15) is 36.6 Å². The van der Waals surface area contributed by atoms with Gasteiger partial charge in [-0.3, -0.25) is 0 Å². The fraction of sp³-hybridized carbons (Fsp3) is 0.333. The molecule has 3 heteroatoms. The third kappa shape index (κ3) is 4.05. The Kier molecular flexibility index (Phi) is 5.34. The average Bonchev–Trinajstić information content (AvgIpc) is 2.46. The minimum atomic E-state index is -0.276. The Morgan fingerprint density at radius 2 is 1.95 bits per heavy atom. The zero-order valence-electron chi connectivity index (χ0n) is 12.8. The Balaban J connectivity index is 2.18. The van der Waals surface area contributed by atoms with Crippen LogP contribution in [0.2, 0.25) is 0 Å². The van der Waals surface area contributed by atoms with Gasteiger partial charge in [-0.15, -0.1) is 0 Å². The predicted octanol–water partition coefficient (Wildman–Crippen LogP) is 4.38. The van der Waals surface area contributed by atoms with Gasteiger partial charge in [-0.1, -0.05) is 37.3 Å². The molecule has 0 fully saturated rings. The van der Waals surface area contributed by atoms with Gasteiger partial charge in [-0.25, -0.2) is 4.39 Å². The van der Waals surface area contributed by atoms with Gasteiger partial charge in [0, 0.05) is 17.7 Å². The first kappa shape index (κ1) is 15.5. The second kappa shape index (κ2) is 7.23. The van der Waals surface area contributed by atoms with Gasteiger partial charge in [0.05, 0.1) is 0 Å². The zero-order valence-corrected chi connectivity index (χ0v) is 12.8. The molecule has 0 aliphatic carbocycles. The fourth-order valence-electron chi connectivity index (χ4n) is 2.33. The lowest BCUT2D eigenvalue weighted by Gasteiger charge is -2.18. The monoisotopic (exact) mass is 287 g/mol. The molecule has 0 aromatic heterocycles. The van der Waals surface area contributed by atoms with Gasteiger partial charge in [-0.2, -0.15) is 0 Å². The number of hydrogen-bond acceptors (Lipinski definition) is 2. The van der Waals surface area contributed by atoms with Crippen LogP contribution in [0.4, 0.5) is 4.39 Å². The summed E-state index contributed by atoms with van der Waals surface area (Å²) < 4.78 is 19.4. The van der Waals surface area contributed by atoms with Crippen LogP contribution in [0, 0.1) is 12.7 Å². The van der Waals surface area contributed by atoms with Gasteiger partial charge in [-0.05, 0) is 37.6 Å². The van der Waals surface area contributed by atoms with Crippen LogP contribution < -0.4 is 10.1 Å². The number of nitrogens with one attached hydrogen (secondary N) is 1. The molecule has 0 aliphatic rings. The minimum Gasteiger partial charge on any atom is -0.488 e. The van der Waals surface area contributed by atoms with E-state index >= 15 is 0 Å². The summed E-state index contributed by atoms with van der Waals surface area (Å²) in [5, 5.41) is 3.33. The quantitative estimate of drug-likeness (QED) is 0.851. The maximum Gasteiger partial charge on any atom is 0.127 e. The van der Waals surface area contributed by atoms with Crippen LogP contribution in [-0.4, -0.2) is 6.54 Å². The molecule has 1 unspecified atom stereocenters. The SMILES string of the molecule is CCNC(C)c1ccc(F)cc1OCc1ccccc1C. The normalized spacial score (nSPS) is 12.2. The fourth-order valence-corrected chi connectivity index (χ4v) is 2.33. The third-order valence-electron chi connectivity index (χ3n) is 3.60. The highest BCUT2D eigenvalue weighted by atomic mass is 19.1. The van der Waals surface area contributed by atoms with Crippen molar-refractivity contribution in [3.8, 4) is 5.75 Å². The standard InChI is InChI=1S/C18H22FNO/c1-4-20-14(3)17-10-9-16(19)11-18(17)21-12-15-8-6-5-7-13(15)2/h5-11,14,20H,4,12H2,1-3H3. The molecule has 0 bridgehead atoms. The Labute approximate surface area is 126 Å². The summed E-state index contributed by atoms with van der Waals surface area (Å²) in [6.45, 7) is 7.45. The smallest absolute Gasteiger partial charge is 0.127 e. The second-order valence-corrected chi connectivity index (χ2v) is 5.18. The first-order chi connectivity index (χ1) is 10.1. The van der Waals surface area contributed by atoms with E-state index in [0.717, 1.165) is 17.7 Å². The Morgan fingerprint density at radius 1 is 1.19 bits per heavy atom. The summed E-state index contributed by atoms with van der Waals surface area (Å²) in [7, 11) is 0. The highest BCUT2D eigenvalue weighted by molar-refractivity contribution is 5.37. The maximum absolute atomic E-state index is 13.5. The summed E-state index contributed by atoms with van der Waals surface area (Å²) >= 11 is 0. The predicted molar refractivity (Wildman–Crippen MR) is 84.0 cm³/mol. The molecule has 1 N–H and O–H groups in total. The molecule has 0 spiro atoms. The molecular formula is C18H22FNO. The summed E-state index contributed by atoms with van der Waals surface area (Å²) in [6.07, 6.45) is 0. The Morgan fingerprint density at radius 3 is 2.67 bits per heavy atom. The molecule has 0 aliphatic heterocycles. The first-order valence-electron chi connectivity index (χ1n) is 7.32. The van der Waals surface area contributed by atoms with Crippen molar-refractivity contribution in [3.05, 3.63) is 65.0 Å². The summed E-state index contributed by atoms with van der Waals surface area (Å²) in [6, 6.07) is 12.9. The van der Waals surface area contributed by atoms with E-state index in [-0.39, 0.29) is 11.9 Å². The molecule has 0 radical (unpaired) electrons. The molecule has 0 amide bonds. The molecule has 21 heavy (non-hydrogen) atoms. The van der Waals surface area contributed by atoms with Crippen LogP contribution in [0.15, 0.2) is 42.5 Å². The van der Waals surface area contributed by atoms with Gasteiger partial charge in [0.15, 0.2) is 0 Å².